The summed E-state index contributed by atoms with van der Waals surface area (Å²) in [4.78, 5) is 14.0. The van der Waals surface area contributed by atoms with Gasteiger partial charge in [-0.2, -0.15) is 0 Å². The lowest BCUT2D eigenvalue weighted by Crippen LogP contribution is -2.31. The Balaban J connectivity index is 1.89. The standard InChI is InChI=1S/C15H19BrClNO2/c1-18(8-7-12-4-2-3-9-20-12)15(19)11-5-6-14(17)13(16)10-11/h5-6,10,12H,2-4,7-9H2,1H3. The van der Waals surface area contributed by atoms with Gasteiger partial charge in [-0.05, 0) is 59.8 Å². The highest BCUT2D eigenvalue weighted by Crippen LogP contribution is 2.24. The molecule has 1 fully saturated rings. The monoisotopic (exact) mass is 359 g/mol. The molecule has 2 rings (SSSR count). The number of amides is 1. The summed E-state index contributed by atoms with van der Waals surface area (Å²) in [6.45, 7) is 1.57. The molecule has 1 aromatic carbocycles. The van der Waals surface area contributed by atoms with Gasteiger partial charge in [0.2, 0.25) is 0 Å². The van der Waals surface area contributed by atoms with Crippen molar-refractivity contribution < 1.29 is 9.53 Å². The van der Waals surface area contributed by atoms with Gasteiger partial charge in [0.1, 0.15) is 0 Å². The molecule has 1 saturated heterocycles. The highest BCUT2D eigenvalue weighted by Gasteiger charge is 2.17. The number of hydrogen-bond donors (Lipinski definition) is 0. The Morgan fingerprint density at radius 1 is 1.50 bits per heavy atom. The van der Waals surface area contributed by atoms with Crippen LogP contribution in [0.25, 0.3) is 0 Å². The van der Waals surface area contributed by atoms with Gasteiger partial charge in [-0.1, -0.05) is 11.6 Å². The van der Waals surface area contributed by atoms with Crippen molar-refractivity contribution >= 4 is 33.4 Å². The first kappa shape index (κ1) is 15.8. The molecule has 1 amide bonds. The number of benzene rings is 1. The van der Waals surface area contributed by atoms with E-state index in [1.807, 2.05) is 7.05 Å². The average Bonchev–Trinajstić information content (AvgIpc) is 2.48. The summed E-state index contributed by atoms with van der Waals surface area (Å²) < 4.78 is 6.43. The molecule has 1 aliphatic heterocycles. The van der Waals surface area contributed by atoms with E-state index in [1.54, 1.807) is 23.1 Å². The van der Waals surface area contributed by atoms with Crippen molar-refractivity contribution in [1.82, 2.24) is 4.90 Å². The number of nitrogens with zero attached hydrogens (tertiary/aromatic N) is 1. The molecule has 0 N–H and O–H groups in total. The third kappa shape index (κ3) is 4.21. The normalized spacial score (nSPS) is 18.9. The Labute approximate surface area is 133 Å². The SMILES string of the molecule is CN(CCC1CCCCO1)C(=O)c1ccc(Cl)c(Br)c1. The summed E-state index contributed by atoms with van der Waals surface area (Å²) in [7, 11) is 1.83. The van der Waals surface area contributed by atoms with Crippen LogP contribution >= 0.6 is 27.5 Å². The zero-order valence-electron chi connectivity index (χ0n) is 11.6. The maximum Gasteiger partial charge on any atom is 0.253 e. The molecule has 1 heterocycles. The molecule has 0 aliphatic carbocycles. The van der Waals surface area contributed by atoms with Crippen LogP contribution in [0.15, 0.2) is 22.7 Å². The molecule has 1 atom stereocenters. The summed E-state index contributed by atoms with van der Waals surface area (Å²) in [5, 5.41) is 0.611. The molecule has 1 aromatic rings. The van der Waals surface area contributed by atoms with E-state index in [1.165, 1.54) is 6.42 Å². The van der Waals surface area contributed by atoms with Crippen LogP contribution in [0.4, 0.5) is 0 Å². The fourth-order valence-electron chi connectivity index (χ4n) is 2.32. The quantitative estimate of drug-likeness (QED) is 0.808. The number of carbonyl (C=O) groups is 1. The predicted octanol–water partition coefficient (Wildman–Crippen LogP) is 4.13. The summed E-state index contributed by atoms with van der Waals surface area (Å²) in [6.07, 6.45) is 4.69. The Kier molecular flexibility index (Phi) is 5.87. The maximum atomic E-state index is 12.3. The van der Waals surface area contributed by atoms with Crippen LogP contribution in [0.3, 0.4) is 0 Å². The first-order chi connectivity index (χ1) is 9.58. The van der Waals surface area contributed by atoms with Gasteiger partial charge in [-0.25, -0.2) is 0 Å². The minimum absolute atomic E-state index is 0.0122. The van der Waals surface area contributed by atoms with Crippen LogP contribution in [0.5, 0.6) is 0 Å². The van der Waals surface area contributed by atoms with Crippen molar-refractivity contribution in [3.05, 3.63) is 33.3 Å². The maximum absolute atomic E-state index is 12.3. The zero-order chi connectivity index (χ0) is 14.5. The molecule has 0 spiro atoms. The van der Waals surface area contributed by atoms with E-state index in [9.17, 15) is 4.79 Å². The molecule has 0 bridgehead atoms. The zero-order valence-corrected chi connectivity index (χ0v) is 13.9. The molecule has 0 radical (unpaired) electrons. The second-order valence-corrected chi connectivity index (χ2v) is 6.39. The second kappa shape index (κ2) is 7.43. The van der Waals surface area contributed by atoms with Crippen LogP contribution in [0.2, 0.25) is 5.02 Å². The van der Waals surface area contributed by atoms with E-state index in [4.69, 9.17) is 16.3 Å². The van der Waals surface area contributed by atoms with E-state index in [0.29, 0.717) is 23.2 Å². The van der Waals surface area contributed by atoms with E-state index in [2.05, 4.69) is 15.9 Å². The van der Waals surface area contributed by atoms with E-state index in [-0.39, 0.29) is 5.91 Å². The number of hydrogen-bond acceptors (Lipinski definition) is 2. The van der Waals surface area contributed by atoms with Crippen molar-refractivity contribution in [1.29, 1.82) is 0 Å². The van der Waals surface area contributed by atoms with Gasteiger partial charge in [0, 0.05) is 30.2 Å². The Morgan fingerprint density at radius 2 is 2.30 bits per heavy atom. The van der Waals surface area contributed by atoms with Crippen LogP contribution in [-0.4, -0.2) is 37.1 Å². The number of halogens is 2. The van der Waals surface area contributed by atoms with E-state index < -0.39 is 0 Å². The lowest BCUT2D eigenvalue weighted by molar-refractivity contribution is 0.00709. The third-order valence-electron chi connectivity index (χ3n) is 3.57. The molecule has 3 nitrogen and oxygen atoms in total. The van der Waals surface area contributed by atoms with Crippen molar-refractivity contribution in [3.63, 3.8) is 0 Å². The minimum Gasteiger partial charge on any atom is -0.378 e. The van der Waals surface area contributed by atoms with Crippen LogP contribution in [-0.2, 0) is 4.74 Å². The van der Waals surface area contributed by atoms with Crippen molar-refractivity contribution in [2.75, 3.05) is 20.2 Å². The summed E-state index contributed by atoms with van der Waals surface area (Å²) in [5.74, 6) is 0.0122. The van der Waals surface area contributed by atoms with E-state index >= 15 is 0 Å². The molecule has 110 valence electrons. The van der Waals surface area contributed by atoms with Gasteiger partial charge >= 0.3 is 0 Å². The van der Waals surface area contributed by atoms with E-state index in [0.717, 1.165) is 30.3 Å². The number of ether oxygens (including phenoxy) is 1. The van der Waals surface area contributed by atoms with Crippen LogP contribution in [0.1, 0.15) is 36.0 Å². The van der Waals surface area contributed by atoms with Gasteiger partial charge in [-0.15, -0.1) is 0 Å². The molecule has 1 unspecified atom stereocenters. The molecule has 1 aliphatic rings. The largest absolute Gasteiger partial charge is 0.378 e. The first-order valence-electron chi connectivity index (χ1n) is 6.90. The lowest BCUT2D eigenvalue weighted by atomic mass is 10.1. The molecule has 0 saturated carbocycles. The topological polar surface area (TPSA) is 29.5 Å². The van der Waals surface area contributed by atoms with Gasteiger partial charge in [0.15, 0.2) is 0 Å². The number of carbonyl (C=O) groups excluding carboxylic acids is 1. The van der Waals surface area contributed by atoms with Crippen LogP contribution in [0, 0.1) is 0 Å². The highest BCUT2D eigenvalue weighted by molar-refractivity contribution is 9.10. The average molecular weight is 361 g/mol. The number of rotatable bonds is 4. The fraction of sp³-hybridized carbons (Fsp3) is 0.533. The van der Waals surface area contributed by atoms with Crippen molar-refractivity contribution in [2.45, 2.75) is 31.8 Å². The predicted molar refractivity (Wildman–Crippen MR) is 84.3 cm³/mol. The summed E-state index contributed by atoms with van der Waals surface area (Å²) in [6, 6.07) is 5.25. The van der Waals surface area contributed by atoms with Gasteiger partial charge in [-0.3, -0.25) is 4.79 Å². The van der Waals surface area contributed by atoms with Crippen LogP contribution < -0.4 is 0 Å². The third-order valence-corrected chi connectivity index (χ3v) is 4.79. The molecule has 5 heteroatoms. The summed E-state index contributed by atoms with van der Waals surface area (Å²) >= 11 is 9.28. The fourth-order valence-corrected chi connectivity index (χ4v) is 2.82. The molecular formula is C15H19BrClNO2. The highest BCUT2D eigenvalue weighted by atomic mass is 79.9. The van der Waals surface area contributed by atoms with Gasteiger partial charge in [0.25, 0.3) is 5.91 Å². The minimum atomic E-state index is 0.0122. The van der Waals surface area contributed by atoms with Crippen molar-refractivity contribution in [3.8, 4) is 0 Å². The van der Waals surface area contributed by atoms with Gasteiger partial charge in [0.05, 0.1) is 11.1 Å². The Morgan fingerprint density at radius 3 is 2.95 bits per heavy atom. The second-order valence-electron chi connectivity index (χ2n) is 5.13. The lowest BCUT2D eigenvalue weighted by Gasteiger charge is -2.25. The molecule has 0 aromatic heterocycles. The summed E-state index contributed by atoms with van der Waals surface area (Å²) in [5.41, 5.74) is 0.647. The molecular weight excluding hydrogens is 342 g/mol. The van der Waals surface area contributed by atoms with Crippen molar-refractivity contribution in [2.24, 2.45) is 0 Å². The molecule has 20 heavy (non-hydrogen) atoms. The Hall–Kier alpha value is -0.580. The smallest absolute Gasteiger partial charge is 0.253 e. The van der Waals surface area contributed by atoms with Gasteiger partial charge < -0.3 is 9.64 Å². The first-order valence-corrected chi connectivity index (χ1v) is 8.07. The Bertz CT molecular complexity index is 475.